The van der Waals surface area contributed by atoms with Crippen LogP contribution in [-0.2, 0) is 0 Å². The van der Waals surface area contributed by atoms with Gasteiger partial charge >= 0.3 is 0 Å². The van der Waals surface area contributed by atoms with Crippen molar-refractivity contribution >= 4 is 33.6 Å². The third kappa shape index (κ3) is 0.831. The predicted molar refractivity (Wildman–Crippen MR) is 47.8 cm³/mol. The van der Waals surface area contributed by atoms with Gasteiger partial charge in [0.05, 0.1) is 6.26 Å². The minimum absolute atomic E-state index is 0.909. The van der Waals surface area contributed by atoms with Gasteiger partial charge in [0.25, 0.3) is 0 Å². The van der Waals surface area contributed by atoms with E-state index in [1.54, 1.807) is 6.26 Å². The molecule has 0 bridgehead atoms. The lowest BCUT2D eigenvalue weighted by Gasteiger charge is -1.88. The normalized spacial score (nSPS) is 10.5. The van der Waals surface area contributed by atoms with E-state index in [2.05, 4.69) is 28.7 Å². The summed E-state index contributed by atoms with van der Waals surface area (Å²) < 4.78 is 6.35. The summed E-state index contributed by atoms with van der Waals surface area (Å²) in [4.78, 5) is 0. The van der Waals surface area contributed by atoms with Crippen LogP contribution < -0.4 is 0 Å². The van der Waals surface area contributed by atoms with Crippen molar-refractivity contribution in [2.75, 3.05) is 0 Å². The van der Waals surface area contributed by atoms with Crippen LogP contribution in [0.4, 0.5) is 0 Å². The number of halogens is 1. The Labute approximate surface area is 72.2 Å². The standard InChI is InChI=1S/C8H4IO/c9-7-2-1-3-8-6(7)4-5-10-8/h2-5H. The first-order chi connectivity index (χ1) is 4.88. The molecule has 0 atom stereocenters. The van der Waals surface area contributed by atoms with Crippen LogP contribution in [0.5, 0.6) is 0 Å². The van der Waals surface area contributed by atoms with Crippen LogP contribution in [-0.4, -0.2) is 0 Å². The maximum absolute atomic E-state index is 5.16. The van der Waals surface area contributed by atoms with Gasteiger partial charge in [-0.3, -0.25) is 0 Å². The molecule has 0 saturated carbocycles. The first-order valence-electron chi connectivity index (χ1n) is 2.91. The van der Waals surface area contributed by atoms with Gasteiger partial charge in [0.15, 0.2) is 0 Å². The Balaban J connectivity index is 2.95. The van der Waals surface area contributed by atoms with Crippen molar-refractivity contribution in [2.24, 2.45) is 0 Å². The lowest BCUT2D eigenvalue weighted by molar-refractivity contribution is 0.616. The van der Waals surface area contributed by atoms with E-state index in [1.165, 1.54) is 8.96 Å². The molecule has 10 heavy (non-hydrogen) atoms. The monoisotopic (exact) mass is 243 g/mol. The van der Waals surface area contributed by atoms with Crippen LogP contribution in [0.15, 0.2) is 28.9 Å². The molecule has 2 heteroatoms. The van der Waals surface area contributed by atoms with E-state index in [4.69, 9.17) is 4.42 Å². The average molecular weight is 243 g/mol. The van der Waals surface area contributed by atoms with Crippen molar-refractivity contribution in [3.8, 4) is 0 Å². The van der Waals surface area contributed by atoms with Gasteiger partial charge in [-0.2, -0.15) is 0 Å². The fourth-order valence-electron chi connectivity index (χ4n) is 0.898. The summed E-state index contributed by atoms with van der Waals surface area (Å²) in [6.07, 6.45) is 1.70. The third-order valence-corrected chi connectivity index (χ3v) is 2.27. The van der Waals surface area contributed by atoms with Gasteiger partial charge in [0.2, 0.25) is 0 Å². The Morgan fingerprint density at radius 3 is 3.10 bits per heavy atom. The van der Waals surface area contributed by atoms with E-state index >= 15 is 0 Å². The number of benzene rings is 1. The summed E-state index contributed by atoms with van der Waals surface area (Å²) in [5, 5.41) is 1.17. The van der Waals surface area contributed by atoms with Gasteiger partial charge in [-0.1, -0.05) is 0 Å². The molecular formula is C8H4IO. The van der Waals surface area contributed by atoms with Crippen LogP contribution in [0.25, 0.3) is 11.0 Å². The predicted octanol–water partition coefficient (Wildman–Crippen LogP) is 2.84. The van der Waals surface area contributed by atoms with Gasteiger partial charge < -0.3 is 4.42 Å². The summed E-state index contributed by atoms with van der Waals surface area (Å²) in [7, 11) is 0. The highest BCUT2D eigenvalue weighted by atomic mass is 127. The van der Waals surface area contributed by atoms with Crippen LogP contribution in [0.3, 0.4) is 0 Å². The van der Waals surface area contributed by atoms with Crippen LogP contribution >= 0.6 is 22.6 Å². The highest BCUT2D eigenvalue weighted by Crippen LogP contribution is 2.20. The van der Waals surface area contributed by atoms with Crippen molar-refractivity contribution in [3.05, 3.63) is 34.1 Å². The quantitative estimate of drug-likeness (QED) is 0.648. The minimum atomic E-state index is 0.909. The molecule has 0 aliphatic heterocycles. The molecule has 0 amide bonds. The third-order valence-electron chi connectivity index (χ3n) is 1.38. The Hall–Kier alpha value is -0.510. The van der Waals surface area contributed by atoms with E-state index in [9.17, 15) is 0 Å². The van der Waals surface area contributed by atoms with E-state index < -0.39 is 0 Å². The Kier molecular flexibility index (Phi) is 1.41. The van der Waals surface area contributed by atoms with E-state index in [-0.39, 0.29) is 0 Å². The molecule has 0 aliphatic rings. The van der Waals surface area contributed by atoms with Crippen molar-refractivity contribution < 1.29 is 4.42 Å². The molecule has 2 aromatic rings. The summed E-state index contributed by atoms with van der Waals surface area (Å²) in [6, 6.07) is 8.74. The SMILES string of the molecule is Ic1c[c]cc2occc12. The highest BCUT2D eigenvalue weighted by molar-refractivity contribution is 14.1. The van der Waals surface area contributed by atoms with E-state index in [0.29, 0.717) is 0 Å². The van der Waals surface area contributed by atoms with Crippen molar-refractivity contribution in [3.63, 3.8) is 0 Å². The lowest BCUT2D eigenvalue weighted by Crippen LogP contribution is -1.69. The molecule has 0 N–H and O–H groups in total. The fourth-order valence-corrected chi connectivity index (χ4v) is 1.52. The number of rotatable bonds is 0. The summed E-state index contributed by atoms with van der Waals surface area (Å²) in [5.41, 5.74) is 0.909. The first kappa shape index (κ1) is 6.22. The molecule has 1 radical (unpaired) electrons. The second kappa shape index (κ2) is 2.27. The molecule has 49 valence electrons. The van der Waals surface area contributed by atoms with Crippen LogP contribution in [0.1, 0.15) is 0 Å². The number of hydrogen-bond donors (Lipinski definition) is 0. The molecule has 1 aromatic carbocycles. The van der Waals surface area contributed by atoms with Crippen molar-refractivity contribution in [1.29, 1.82) is 0 Å². The van der Waals surface area contributed by atoms with Crippen molar-refractivity contribution in [2.45, 2.75) is 0 Å². The molecule has 2 rings (SSSR count). The zero-order chi connectivity index (χ0) is 6.97. The second-order valence-electron chi connectivity index (χ2n) is 2.00. The summed E-state index contributed by atoms with van der Waals surface area (Å²) in [6.45, 7) is 0. The summed E-state index contributed by atoms with van der Waals surface area (Å²) >= 11 is 2.26. The highest BCUT2D eigenvalue weighted by Gasteiger charge is 1.97. The first-order valence-corrected chi connectivity index (χ1v) is 3.98. The number of fused-ring (bicyclic) bond motifs is 1. The second-order valence-corrected chi connectivity index (χ2v) is 3.16. The zero-order valence-electron chi connectivity index (χ0n) is 5.10. The molecule has 1 aromatic heterocycles. The Morgan fingerprint density at radius 2 is 2.30 bits per heavy atom. The van der Waals surface area contributed by atoms with E-state index in [1.807, 2.05) is 18.2 Å². The molecule has 0 spiro atoms. The molecular weight excluding hydrogens is 239 g/mol. The molecule has 0 aliphatic carbocycles. The molecule has 1 heterocycles. The maximum atomic E-state index is 5.16. The topological polar surface area (TPSA) is 13.1 Å². The fraction of sp³-hybridized carbons (Fsp3) is 0. The number of hydrogen-bond acceptors (Lipinski definition) is 1. The van der Waals surface area contributed by atoms with Gasteiger partial charge in [0.1, 0.15) is 5.58 Å². The molecule has 0 unspecified atom stereocenters. The maximum Gasteiger partial charge on any atom is 0.135 e. The average Bonchev–Trinajstić information content (AvgIpc) is 2.36. The van der Waals surface area contributed by atoms with Crippen molar-refractivity contribution in [1.82, 2.24) is 0 Å². The minimum Gasteiger partial charge on any atom is -0.464 e. The molecule has 0 saturated heterocycles. The smallest absolute Gasteiger partial charge is 0.135 e. The van der Waals surface area contributed by atoms with Gasteiger partial charge in [-0.05, 0) is 46.9 Å². The molecule has 0 fully saturated rings. The van der Waals surface area contributed by atoms with Gasteiger partial charge in [0, 0.05) is 8.96 Å². The van der Waals surface area contributed by atoms with Gasteiger partial charge in [-0.15, -0.1) is 0 Å². The lowest BCUT2D eigenvalue weighted by atomic mass is 10.3. The Bertz CT molecular complexity index is 351. The van der Waals surface area contributed by atoms with Gasteiger partial charge in [-0.25, -0.2) is 0 Å². The summed E-state index contributed by atoms with van der Waals surface area (Å²) in [5.74, 6) is 0. The zero-order valence-corrected chi connectivity index (χ0v) is 7.25. The Morgan fingerprint density at radius 1 is 1.40 bits per heavy atom. The van der Waals surface area contributed by atoms with Crippen LogP contribution in [0.2, 0.25) is 0 Å². The van der Waals surface area contributed by atoms with Crippen LogP contribution in [0, 0.1) is 9.64 Å². The molecule has 1 nitrogen and oxygen atoms in total. The van der Waals surface area contributed by atoms with E-state index in [0.717, 1.165) is 5.58 Å². The largest absolute Gasteiger partial charge is 0.464 e. The number of furan rings is 1.